The Balaban J connectivity index is 1.40. The predicted molar refractivity (Wildman–Crippen MR) is 101 cm³/mol. The van der Waals surface area contributed by atoms with Crippen molar-refractivity contribution in [2.75, 3.05) is 44.7 Å². The smallest absolute Gasteiger partial charge is 0.330 e. The molecule has 2 atom stereocenters. The number of anilines is 1. The molecule has 2 fully saturated rings. The van der Waals surface area contributed by atoms with Crippen molar-refractivity contribution in [1.29, 1.82) is 0 Å². The minimum Gasteiger partial charge on any atom is -0.466 e. The molecule has 2 amide bonds. The number of methoxy groups -OCH3 is 1. The first-order chi connectivity index (χ1) is 13.1. The van der Waals surface area contributed by atoms with E-state index in [1.165, 1.54) is 24.9 Å². The quantitative estimate of drug-likeness (QED) is 0.592. The molecule has 1 aliphatic heterocycles. The summed E-state index contributed by atoms with van der Waals surface area (Å²) < 4.78 is 4.48. The predicted octanol–water partition coefficient (Wildman–Crippen LogP) is 0.817. The summed E-state index contributed by atoms with van der Waals surface area (Å²) in [7, 11) is 1.30. The lowest BCUT2D eigenvalue weighted by Gasteiger charge is -2.36. The van der Waals surface area contributed by atoms with Crippen LogP contribution in [-0.4, -0.2) is 62.5 Å². The Kier molecular flexibility index (Phi) is 6.11. The Hall–Kier alpha value is -2.83. The third-order valence-electron chi connectivity index (χ3n) is 5.01. The van der Waals surface area contributed by atoms with E-state index in [0.717, 1.165) is 13.1 Å². The average molecular weight is 371 g/mol. The van der Waals surface area contributed by atoms with Crippen LogP contribution in [0.5, 0.6) is 0 Å². The van der Waals surface area contributed by atoms with E-state index in [1.54, 1.807) is 0 Å². The number of amides is 2. The fourth-order valence-corrected chi connectivity index (χ4v) is 3.33. The molecule has 0 spiro atoms. The summed E-state index contributed by atoms with van der Waals surface area (Å²) in [4.78, 5) is 39.8. The Bertz CT molecular complexity index is 711. The van der Waals surface area contributed by atoms with Crippen molar-refractivity contribution in [1.82, 2.24) is 10.2 Å². The van der Waals surface area contributed by atoms with E-state index in [9.17, 15) is 14.4 Å². The summed E-state index contributed by atoms with van der Waals surface area (Å²) in [5.74, 6) is -0.980. The fourth-order valence-electron chi connectivity index (χ4n) is 3.33. The van der Waals surface area contributed by atoms with E-state index in [-0.39, 0.29) is 30.2 Å². The second-order valence-corrected chi connectivity index (χ2v) is 6.77. The molecule has 144 valence electrons. The van der Waals surface area contributed by atoms with Gasteiger partial charge in [0, 0.05) is 44.5 Å². The molecule has 1 aromatic rings. The van der Waals surface area contributed by atoms with Gasteiger partial charge in [-0.05, 0) is 18.6 Å². The number of para-hydroxylation sites is 1. The SMILES string of the molecule is COC(=O)/C=C/CNC(=O)[C@@H]1C[C@H]1C(=O)N1CCN(c2ccccc2)CC1. The summed E-state index contributed by atoms with van der Waals surface area (Å²) in [5, 5.41) is 2.73. The third-order valence-corrected chi connectivity index (χ3v) is 5.01. The Labute approximate surface area is 159 Å². The maximum absolute atomic E-state index is 12.6. The summed E-state index contributed by atoms with van der Waals surface area (Å²) in [6, 6.07) is 10.2. The zero-order valence-corrected chi connectivity index (χ0v) is 15.5. The van der Waals surface area contributed by atoms with Gasteiger partial charge in [-0.1, -0.05) is 24.3 Å². The number of nitrogens with zero attached hydrogens (tertiary/aromatic N) is 2. The monoisotopic (exact) mass is 371 g/mol. The average Bonchev–Trinajstić information content (AvgIpc) is 3.52. The highest BCUT2D eigenvalue weighted by Crippen LogP contribution is 2.40. The Morgan fingerprint density at radius 3 is 2.48 bits per heavy atom. The summed E-state index contributed by atoms with van der Waals surface area (Å²) in [6.45, 7) is 3.22. The Morgan fingerprint density at radius 2 is 1.81 bits per heavy atom. The molecule has 1 aromatic carbocycles. The molecule has 1 N–H and O–H groups in total. The van der Waals surface area contributed by atoms with Crippen LogP contribution in [0.3, 0.4) is 0 Å². The van der Waals surface area contributed by atoms with E-state index < -0.39 is 5.97 Å². The van der Waals surface area contributed by atoms with Crippen LogP contribution in [0.25, 0.3) is 0 Å². The van der Waals surface area contributed by atoms with Gasteiger partial charge in [0.1, 0.15) is 0 Å². The van der Waals surface area contributed by atoms with Crippen LogP contribution in [0.4, 0.5) is 5.69 Å². The lowest BCUT2D eigenvalue weighted by molar-refractivity contribution is -0.135. The van der Waals surface area contributed by atoms with Crippen molar-refractivity contribution < 1.29 is 19.1 Å². The number of carbonyl (C=O) groups excluding carboxylic acids is 3. The third kappa shape index (κ3) is 4.87. The second kappa shape index (κ2) is 8.70. The zero-order chi connectivity index (χ0) is 19.2. The first-order valence-electron chi connectivity index (χ1n) is 9.21. The number of carbonyl (C=O) groups is 3. The van der Waals surface area contributed by atoms with Crippen LogP contribution in [-0.2, 0) is 19.1 Å². The minimum atomic E-state index is -0.460. The van der Waals surface area contributed by atoms with Gasteiger partial charge in [0.15, 0.2) is 0 Å². The lowest BCUT2D eigenvalue weighted by atomic mass is 10.2. The van der Waals surface area contributed by atoms with Crippen LogP contribution in [0.2, 0.25) is 0 Å². The molecular formula is C20H25N3O4. The number of nitrogens with one attached hydrogen (secondary N) is 1. The van der Waals surface area contributed by atoms with Gasteiger partial charge in [-0.25, -0.2) is 4.79 Å². The second-order valence-electron chi connectivity index (χ2n) is 6.77. The van der Waals surface area contributed by atoms with E-state index in [2.05, 4.69) is 27.1 Å². The highest BCUT2D eigenvalue weighted by Gasteiger charge is 2.49. The number of rotatable bonds is 6. The van der Waals surface area contributed by atoms with Crippen LogP contribution >= 0.6 is 0 Å². The minimum absolute atomic E-state index is 0.0768. The molecular weight excluding hydrogens is 346 g/mol. The summed E-state index contributed by atoms with van der Waals surface area (Å²) >= 11 is 0. The van der Waals surface area contributed by atoms with Gasteiger partial charge in [0.2, 0.25) is 11.8 Å². The van der Waals surface area contributed by atoms with Gasteiger partial charge in [0.25, 0.3) is 0 Å². The highest BCUT2D eigenvalue weighted by atomic mass is 16.5. The number of hydrogen-bond donors (Lipinski definition) is 1. The number of esters is 1. The largest absolute Gasteiger partial charge is 0.466 e. The Morgan fingerprint density at radius 1 is 1.11 bits per heavy atom. The van der Waals surface area contributed by atoms with Crippen LogP contribution in [0.15, 0.2) is 42.5 Å². The summed E-state index contributed by atoms with van der Waals surface area (Å²) in [6.07, 6.45) is 3.40. The first kappa shape index (κ1) is 18.9. The van der Waals surface area contributed by atoms with Crippen molar-refractivity contribution in [3.05, 3.63) is 42.5 Å². The van der Waals surface area contributed by atoms with Gasteiger partial charge >= 0.3 is 5.97 Å². The lowest BCUT2D eigenvalue weighted by Crippen LogP contribution is -2.49. The molecule has 27 heavy (non-hydrogen) atoms. The molecule has 3 rings (SSSR count). The molecule has 1 saturated carbocycles. The number of piperazine rings is 1. The topological polar surface area (TPSA) is 78.9 Å². The van der Waals surface area contributed by atoms with Gasteiger partial charge in [-0.2, -0.15) is 0 Å². The van der Waals surface area contributed by atoms with Gasteiger partial charge in [-0.3, -0.25) is 9.59 Å². The molecule has 7 nitrogen and oxygen atoms in total. The van der Waals surface area contributed by atoms with Crippen LogP contribution in [0, 0.1) is 11.8 Å². The molecule has 1 aliphatic carbocycles. The number of ether oxygens (including phenoxy) is 1. The molecule has 0 unspecified atom stereocenters. The molecule has 7 heteroatoms. The number of benzene rings is 1. The van der Waals surface area contributed by atoms with E-state index in [1.807, 2.05) is 23.1 Å². The van der Waals surface area contributed by atoms with Crippen LogP contribution in [0.1, 0.15) is 6.42 Å². The molecule has 1 saturated heterocycles. The van der Waals surface area contributed by atoms with Crippen molar-refractivity contribution in [3.8, 4) is 0 Å². The van der Waals surface area contributed by atoms with Crippen molar-refractivity contribution in [2.45, 2.75) is 6.42 Å². The van der Waals surface area contributed by atoms with E-state index >= 15 is 0 Å². The molecule has 0 aromatic heterocycles. The van der Waals surface area contributed by atoms with Crippen LogP contribution < -0.4 is 10.2 Å². The van der Waals surface area contributed by atoms with E-state index in [4.69, 9.17) is 0 Å². The first-order valence-corrected chi connectivity index (χ1v) is 9.21. The normalized spacial score (nSPS) is 21.8. The van der Waals surface area contributed by atoms with Crippen molar-refractivity contribution in [2.24, 2.45) is 11.8 Å². The fraction of sp³-hybridized carbons (Fsp3) is 0.450. The summed E-state index contributed by atoms with van der Waals surface area (Å²) in [5.41, 5.74) is 1.17. The molecule has 2 aliphatic rings. The highest BCUT2D eigenvalue weighted by molar-refractivity contribution is 5.92. The molecule has 0 radical (unpaired) electrons. The maximum atomic E-state index is 12.6. The van der Waals surface area contributed by atoms with E-state index in [0.29, 0.717) is 19.5 Å². The van der Waals surface area contributed by atoms with Crippen molar-refractivity contribution in [3.63, 3.8) is 0 Å². The maximum Gasteiger partial charge on any atom is 0.330 e. The standard InChI is InChI=1S/C20H25N3O4/c1-27-18(24)8-5-9-21-19(25)16-14-17(16)20(26)23-12-10-22(11-13-23)15-6-3-2-4-7-15/h2-8,16-17H,9-14H2,1H3,(H,21,25)/b8-5+/t16-,17-/m1/s1. The molecule has 1 heterocycles. The zero-order valence-electron chi connectivity index (χ0n) is 15.5. The molecule has 0 bridgehead atoms. The van der Waals surface area contributed by atoms with Gasteiger partial charge < -0.3 is 19.9 Å². The van der Waals surface area contributed by atoms with Crippen molar-refractivity contribution >= 4 is 23.5 Å². The number of hydrogen-bond acceptors (Lipinski definition) is 5. The van der Waals surface area contributed by atoms with Gasteiger partial charge in [0.05, 0.1) is 18.9 Å². The van der Waals surface area contributed by atoms with Gasteiger partial charge in [-0.15, -0.1) is 0 Å².